The SMILES string of the molecule is CC/C(C)=C\c1ccccc1C. The van der Waals surface area contributed by atoms with Crippen LogP contribution in [0, 0.1) is 6.92 Å². The van der Waals surface area contributed by atoms with Crippen molar-refractivity contribution in [3.63, 3.8) is 0 Å². The highest BCUT2D eigenvalue weighted by Gasteiger charge is 1.92. The van der Waals surface area contributed by atoms with Gasteiger partial charge in [-0.1, -0.05) is 42.8 Å². The summed E-state index contributed by atoms with van der Waals surface area (Å²) >= 11 is 0. The highest BCUT2D eigenvalue weighted by Crippen LogP contribution is 2.12. The van der Waals surface area contributed by atoms with Crippen LogP contribution in [0.1, 0.15) is 31.4 Å². The quantitative estimate of drug-likeness (QED) is 0.617. The van der Waals surface area contributed by atoms with Gasteiger partial charge in [-0.2, -0.15) is 0 Å². The normalized spacial score (nSPS) is 11.8. The molecule has 1 rings (SSSR count). The van der Waals surface area contributed by atoms with Crippen molar-refractivity contribution < 1.29 is 0 Å². The molecule has 0 radical (unpaired) electrons. The lowest BCUT2D eigenvalue weighted by atomic mass is 10.1. The monoisotopic (exact) mass is 160 g/mol. The van der Waals surface area contributed by atoms with Crippen LogP contribution in [0.25, 0.3) is 6.08 Å². The molecule has 0 aliphatic carbocycles. The maximum absolute atomic E-state index is 2.26. The lowest BCUT2D eigenvalue weighted by Crippen LogP contribution is -1.80. The van der Waals surface area contributed by atoms with Crippen molar-refractivity contribution in [2.24, 2.45) is 0 Å². The standard InChI is InChI=1S/C12H16/c1-4-10(2)9-12-8-6-5-7-11(12)3/h5-9H,4H2,1-3H3/b10-9-. The summed E-state index contributed by atoms with van der Waals surface area (Å²) in [5, 5.41) is 0. The Hall–Kier alpha value is -1.04. The van der Waals surface area contributed by atoms with E-state index in [4.69, 9.17) is 0 Å². The van der Waals surface area contributed by atoms with Crippen LogP contribution in [0.3, 0.4) is 0 Å². The van der Waals surface area contributed by atoms with Gasteiger partial charge in [0.2, 0.25) is 0 Å². The van der Waals surface area contributed by atoms with Crippen molar-refractivity contribution in [3.8, 4) is 0 Å². The summed E-state index contributed by atoms with van der Waals surface area (Å²) in [6, 6.07) is 8.47. The van der Waals surface area contributed by atoms with Gasteiger partial charge in [0.05, 0.1) is 0 Å². The number of allylic oxidation sites excluding steroid dienone is 1. The molecule has 0 N–H and O–H groups in total. The van der Waals surface area contributed by atoms with Crippen molar-refractivity contribution in [1.29, 1.82) is 0 Å². The van der Waals surface area contributed by atoms with Crippen molar-refractivity contribution in [1.82, 2.24) is 0 Å². The third-order valence-corrected chi connectivity index (χ3v) is 2.15. The molecule has 0 aliphatic rings. The molecule has 0 nitrogen and oxygen atoms in total. The van der Waals surface area contributed by atoms with Crippen molar-refractivity contribution in [2.75, 3.05) is 0 Å². The molecule has 0 aliphatic heterocycles. The van der Waals surface area contributed by atoms with E-state index < -0.39 is 0 Å². The molecule has 0 fully saturated rings. The summed E-state index contributed by atoms with van der Waals surface area (Å²) < 4.78 is 0. The van der Waals surface area contributed by atoms with Gasteiger partial charge in [0.1, 0.15) is 0 Å². The predicted octanol–water partition coefficient (Wildman–Crippen LogP) is 3.81. The number of rotatable bonds is 2. The molecule has 0 amide bonds. The minimum atomic E-state index is 1.13. The van der Waals surface area contributed by atoms with Crippen LogP contribution in [0.4, 0.5) is 0 Å². The third-order valence-electron chi connectivity index (χ3n) is 2.15. The predicted molar refractivity (Wildman–Crippen MR) is 55.1 cm³/mol. The lowest BCUT2D eigenvalue weighted by Gasteiger charge is -2.00. The van der Waals surface area contributed by atoms with Gasteiger partial charge in [-0.05, 0) is 31.4 Å². The van der Waals surface area contributed by atoms with E-state index in [9.17, 15) is 0 Å². The number of aryl methyl sites for hydroxylation is 1. The topological polar surface area (TPSA) is 0 Å². The number of benzene rings is 1. The second-order valence-corrected chi connectivity index (χ2v) is 3.20. The van der Waals surface area contributed by atoms with E-state index in [1.165, 1.54) is 16.7 Å². The minimum absolute atomic E-state index is 1.13. The summed E-state index contributed by atoms with van der Waals surface area (Å²) in [5.74, 6) is 0. The van der Waals surface area contributed by atoms with Crippen molar-refractivity contribution in [3.05, 3.63) is 41.0 Å². The maximum Gasteiger partial charge on any atom is -0.0228 e. The van der Waals surface area contributed by atoms with E-state index in [-0.39, 0.29) is 0 Å². The lowest BCUT2D eigenvalue weighted by molar-refractivity contribution is 1.11. The highest BCUT2D eigenvalue weighted by atomic mass is 14.0. The second-order valence-electron chi connectivity index (χ2n) is 3.20. The van der Waals surface area contributed by atoms with Gasteiger partial charge in [0.15, 0.2) is 0 Å². The zero-order valence-corrected chi connectivity index (χ0v) is 8.09. The summed E-state index contributed by atoms with van der Waals surface area (Å²) in [5.41, 5.74) is 4.13. The Bertz CT molecular complexity index is 282. The van der Waals surface area contributed by atoms with E-state index in [1.54, 1.807) is 0 Å². The van der Waals surface area contributed by atoms with Gasteiger partial charge in [-0.3, -0.25) is 0 Å². The van der Waals surface area contributed by atoms with E-state index in [2.05, 4.69) is 51.1 Å². The molecule has 12 heavy (non-hydrogen) atoms. The van der Waals surface area contributed by atoms with Gasteiger partial charge >= 0.3 is 0 Å². The highest BCUT2D eigenvalue weighted by molar-refractivity contribution is 5.55. The molecule has 0 atom stereocenters. The van der Waals surface area contributed by atoms with Gasteiger partial charge in [-0.15, -0.1) is 0 Å². The Kier molecular flexibility index (Phi) is 3.09. The maximum atomic E-state index is 2.26. The van der Waals surface area contributed by atoms with Crippen molar-refractivity contribution in [2.45, 2.75) is 27.2 Å². The van der Waals surface area contributed by atoms with E-state index in [1.807, 2.05) is 0 Å². The van der Waals surface area contributed by atoms with Crippen LogP contribution in [-0.4, -0.2) is 0 Å². The fraction of sp³-hybridized carbons (Fsp3) is 0.333. The molecule has 0 heteroatoms. The first-order chi connectivity index (χ1) is 5.74. The molecule has 0 unspecified atom stereocenters. The average Bonchev–Trinajstić information content (AvgIpc) is 2.09. The molecular formula is C12H16. The molecule has 0 aromatic heterocycles. The summed E-state index contributed by atoms with van der Waals surface area (Å²) in [7, 11) is 0. The van der Waals surface area contributed by atoms with Crippen molar-refractivity contribution >= 4 is 6.08 Å². The van der Waals surface area contributed by atoms with E-state index in [0.29, 0.717) is 0 Å². The van der Waals surface area contributed by atoms with Crippen LogP contribution in [0.15, 0.2) is 29.8 Å². The molecule has 0 saturated carbocycles. The smallest absolute Gasteiger partial charge is 0.0228 e. The molecule has 0 saturated heterocycles. The van der Waals surface area contributed by atoms with Crippen LogP contribution in [0.2, 0.25) is 0 Å². The fourth-order valence-corrected chi connectivity index (χ4v) is 1.12. The zero-order valence-electron chi connectivity index (χ0n) is 8.09. The fourth-order valence-electron chi connectivity index (χ4n) is 1.12. The Labute approximate surface area is 74.9 Å². The van der Waals surface area contributed by atoms with Crippen LogP contribution < -0.4 is 0 Å². The van der Waals surface area contributed by atoms with Crippen LogP contribution >= 0.6 is 0 Å². The zero-order chi connectivity index (χ0) is 8.97. The van der Waals surface area contributed by atoms with E-state index in [0.717, 1.165) is 6.42 Å². The summed E-state index contributed by atoms with van der Waals surface area (Å²) in [6.07, 6.45) is 3.39. The molecule has 1 aromatic rings. The van der Waals surface area contributed by atoms with Gasteiger partial charge in [-0.25, -0.2) is 0 Å². The van der Waals surface area contributed by atoms with Crippen LogP contribution in [0.5, 0.6) is 0 Å². The first-order valence-corrected chi connectivity index (χ1v) is 4.47. The summed E-state index contributed by atoms with van der Waals surface area (Å²) in [6.45, 7) is 6.51. The molecule has 1 aromatic carbocycles. The Morgan fingerprint density at radius 1 is 1.33 bits per heavy atom. The molecule has 64 valence electrons. The second kappa shape index (κ2) is 4.10. The summed E-state index contributed by atoms with van der Waals surface area (Å²) in [4.78, 5) is 0. The van der Waals surface area contributed by atoms with E-state index >= 15 is 0 Å². The van der Waals surface area contributed by atoms with Gasteiger partial charge < -0.3 is 0 Å². The molecule has 0 bridgehead atoms. The molecule has 0 spiro atoms. The number of hydrogen-bond donors (Lipinski definition) is 0. The first-order valence-electron chi connectivity index (χ1n) is 4.47. The third kappa shape index (κ3) is 2.23. The van der Waals surface area contributed by atoms with Gasteiger partial charge in [0.25, 0.3) is 0 Å². The Balaban J connectivity index is 2.96. The largest absolute Gasteiger partial charge is 0.0730 e. The molecular weight excluding hydrogens is 144 g/mol. The molecule has 0 heterocycles. The van der Waals surface area contributed by atoms with Gasteiger partial charge in [0, 0.05) is 0 Å². The minimum Gasteiger partial charge on any atom is -0.0730 e. The Morgan fingerprint density at radius 2 is 2.00 bits per heavy atom. The number of hydrogen-bond acceptors (Lipinski definition) is 0. The average molecular weight is 160 g/mol. The Morgan fingerprint density at radius 3 is 2.58 bits per heavy atom. The first kappa shape index (κ1) is 9.05. The van der Waals surface area contributed by atoms with Crippen LogP contribution in [-0.2, 0) is 0 Å².